The second-order valence-electron chi connectivity index (χ2n) is 9.26. The molecule has 2 N–H and O–H groups in total. The summed E-state index contributed by atoms with van der Waals surface area (Å²) in [5.41, 5.74) is 2.42. The lowest BCUT2D eigenvalue weighted by Gasteiger charge is -2.32. The number of piperidine rings is 1. The summed E-state index contributed by atoms with van der Waals surface area (Å²) < 4.78 is 44.2. The lowest BCUT2D eigenvalue weighted by molar-refractivity contribution is -0.153. The van der Waals surface area contributed by atoms with E-state index in [0.29, 0.717) is 24.3 Å². The molecule has 0 saturated carbocycles. The molecule has 0 atom stereocenters. The fraction of sp³-hybridized carbons (Fsp3) is 0.250. The molecular formula is C28H25F3N4O3. The lowest BCUT2D eigenvalue weighted by atomic mass is 9.89. The van der Waals surface area contributed by atoms with Crippen LogP contribution in [-0.2, 0) is 6.18 Å². The molecule has 2 amide bonds. The van der Waals surface area contributed by atoms with Gasteiger partial charge in [-0.05, 0) is 61.6 Å². The molecule has 0 aliphatic carbocycles. The third kappa shape index (κ3) is 5.34. The highest BCUT2D eigenvalue weighted by Crippen LogP contribution is 2.35. The maximum atomic E-state index is 13.2. The van der Waals surface area contributed by atoms with Crippen molar-refractivity contribution in [2.75, 3.05) is 18.4 Å². The smallest absolute Gasteiger partial charge is 0.450 e. The predicted octanol–water partition coefficient (Wildman–Crippen LogP) is 6.27. The summed E-state index contributed by atoms with van der Waals surface area (Å²) in [4.78, 5) is 34.5. The van der Waals surface area contributed by atoms with Crippen molar-refractivity contribution in [2.45, 2.75) is 31.9 Å². The van der Waals surface area contributed by atoms with Crippen LogP contribution in [0.15, 0.2) is 71.4 Å². The first-order valence-corrected chi connectivity index (χ1v) is 12.2. The van der Waals surface area contributed by atoms with E-state index < -0.39 is 23.4 Å². The normalized spacial score (nSPS) is 14.5. The van der Waals surface area contributed by atoms with E-state index in [-0.39, 0.29) is 17.6 Å². The zero-order valence-corrected chi connectivity index (χ0v) is 20.5. The molecule has 3 heterocycles. The monoisotopic (exact) mass is 522 g/mol. The molecule has 1 fully saturated rings. The van der Waals surface area contributed by atoms with E-state index in [1.54, 1.807) is 24.5 Å². The molecular weight excluding hydrogens is 497 g/mol. The van der Waals surface area contributed by atoms with Crippen molar-refractivity contribution in [3.63, 3.8) is 0 Å². The number of carbonyl (C=O) groups excluding carboxylic acids is 2. The molecule has 4 aromatic rings. The van der Waals surface area contributed by atoms with Crippen LogP contribution in [0.2, 0.25) is 0 Å². The maximum Gasteiger partial charge on any atom is 0.450 e. The van der Waals surface area contributed by atoms with Gasteiger partial charge in [-0.3, -0.25) is 9.59 Å². The van der Waals surface area contributed by atoms with Gasteiger partial charge < -0.3 is 19.6 Å². The Morgan fingerprint density at radius 3 is 2.34 bits per heavy atom. The summed E-state index contributed by atoms with van der Waals surface area (Å²) in [6, 6.07) is 15.5. The van der Waals surface area contributed by atoms with Crippen LogP contribution in [0, 0.1) is 6.92 Å². The van der Waals surface area contributed by atoms with Gasteiger partial charge in [0.15, 0.2) is 0 Å². The minimum Gasteiger partial charge on any atom is -0.456 e. The summed E-state index contributed by atoms with van der Waals surface area (Å²) in [5, 5.41) is 2.51. The number of rotatable bonds is 5. The average molecular weight is 523 g/mol. The van der Waals surface area contributed by atoms with Gasteiger partial charge in [0.2, 0.25) is 5.76 Å². The number of halogens is 3. The molecule has 0 spiro atoms. The molecule has 2 aromatic carbocycles. The van der Waals surface area contributed by atoms with Gasteiger partial charge in [-0.15, -0.1) is 0 Å². The van der Waals surface area contributed by atoms with Crippen LogP contribution in [0.25, 0.3) is 11.4 Å². The van der Waals surface area contributed by atoms with Crippen molar-refractivity contribution in [3.8, 4) is 11.4 Å². The van der Waals surface area contributed by atoms with E-state index in [4.69, 9.17) is 4.42 Å². The zero-order chi connectivity index (χ0) is 26.9. The number of furan rings is 1. The Kier molecular flexibility index (Phi) is 6.79. The quantitative estimate of drug-likeness (QED) is 0.323. The number of hydrogen-bond donors (Lipinski definition) is 2. The SMILES string of the molecule is Cc1cc(C(=O)Nc2ccc(C3CCN(C(=O)c4ccc(-c5ncc[nH]5)cc4)CC3)cc2)c(C(F)(F)F)o1. The lowest BCUT2D eigenvalue weighted by Crippen LogP contribution is -2.37. The minimum atomic E-state index is -4.76. The molecule has 7 nitrogen and oxygen atoms in total. The number of aromatic amines is 1. The molecule has 0 unspecified atom stereocenters. The number of amides is 2. The summed E-state index contributed by atoms with van der Waals surface area (Å²) in [5.74, 6) is -1.21. The number of nitrogens with one attached hydrogen (secondary N) is 2. The van der Waals surface area contributed by atoms with Crippen molar-refractivity contribution >= 4 is 17.5 Å². The summed E-state index contributed by atoms with van der Waals surface area (Å²) >= 11 is 0. The number of likely N-dealkylation sites (tertiary alicyclic amines) is 1. The molecule has 1 saturated heterocycles. The number of benzene rings is 2. The molecule has 38 heavy (non-hydrogen) atoms. The number of H-pyrrole nitrogens is 1. The largest absolute Gasteiger partial charge is 0.456 e. The van der Waals surface area contributed by atoms with Crippen molar-refractivity contribution in [1.82, 2.24) is 14.9 Å². The molecule has 1 aliphatic heterocycles. The first-order chi connectivity index (χ1) is 18.2. The number of alkyl halides is 3. The van der Waals surface area contributed by atoms with Crippen LogP contribution >= 0.6 is 0 Å². The van der Waals surface area contributed by atoms with Crippen molar-refractivity contribution in [2.24, 2.45) is 0 Å². The minimum absolute atomic E-state index is 0.00791. The second kappa shape index (κ2) is 10.2. The highest BCUT2D eigenvalue weighted by atomic mass is 19.4. The Balaban J connectivity index is 1.17. The fourth-order valence-electron chi connectivity index (χ4n) is 4.72. The average Bonchev–Trinajstić information content (AvgIpc) is 3.59. The van der Waals surface area contributed by atoms with Crippen molar-refractivity contribution in [1.29, 1.82) is 0 Å². The standard InChI is InChI=1S/C28H25F3N4O3/c1-17-16-23(24(38-17)28(29,30)31)26(36)34-22-8-6-18(7-9-22)19-10-14-35(15-11-19)27(37)21-4-2-20(3-5-21)25-32-12-13-33-25/h2-9,12-13,16,19H,10-11,14-15H2,1H3,(H,32,33)(H,34,36). The van der Waals surface area contributed by atoms with E-state index in [9.17, 15) is 22.8 Å². The van der Waals surface area contributed by atoms with Gasteiger partial charge in [0.25, 0.3) is 11.8 Å². The zero-order valence-electron chi connectivity index (χ0n) is 20.5. The van der Waals surface area contributed by atoms with Gasteiger partial charge in [0.05, 0.1) is 5.56 Å². The van der Waals surface area contributed by atoms with Crippen LogP contribution in [0.1, 0.15) is 56.6 Å². The van der Waals surface area contributed by atoms with E-state index in [2.05, 4.69) is 15.3 Å². The van der Waals surface area contributed by atoms with Gasteiger partial charge in [-0.2, -0.15) is 13.2 Å². The van der Waals surface area contributed by atoms with E-state index >= 15 is 0 Å². The molecule has 0 bridgehead atoms. The van der Waals surface area contributed by atoms with Crippen LogP contribution in [0.4, 0.5) is 18.9 Å². The summed E-state index contributed by atoms with van der Waals surface area (Å²) in [7, 11) is 0. The molecule has 1 aliphatic rings. The molecule has 10 heteroatoms. The summed E-state index contributed by atoms with van der Waals surface area (Å²) in [6.45, 7) is 2.59. The fourth-order valence-corrected chi connectivity index (χ4v) is 4.72. The predicted molar refractivity (Wildman–Crippen MR) is 135 cm³/mol. The van der Waals surface area contributed by atoms with Gasteiger partial charge in [0.1, 0.15) is 11.6 Å². The van der Waals surface area contributed by atoms with E-state index in [1.165, 1.54) is 6.92 Å². The number of nitrogens with zero attached hydrogens (tertiary/aromatic N) is 2. The first kappa shape index (κ1) is 25.3. The Morgan fingerprint density at radius 1 is 1.05 bits per heavy atom. The van der Waals surface area contributed by atoms with Gasteiger partial charge >= 0.3 is 6.18 Å². The maximum absolute atomic E-state index is 13.2. The van der Waals surface area contributed by atoms with Crippen molar-refractivity contribution < 1.29 is 27.2 Å². The Hall–Kier alpha value is -4.34. The Labute approximate surface area is 216 Å². The van der Waals surface area contributed by atoms with Gasteiger partial charge in [0, 0.05) is 42.3 Å². The molecule has 0 radical (unpaired) electrons. The van der Waals surface area contributed by atoms with Gasteiger partial charge in [-0.1, -0.05) is 24.3 Å². The van der Waals surface area contributed by atoms with E-state index in [0.717, 1.165) is 35.9 Å². The molecule has 196 valence electrons. The highest BCUT2D eigenvalue weighted by Gasteiger charge is 2.40. The molecule has 5 rings (SSSR count). The van der Waals surface area contributed by atoms with Gasteiger partial charge in [-0.25, -0.2) is 4.98 Å². The number of anilines is 1. The number of imidazole rings is 1. The third-order valence-corrected chi connectivity index (χ3v) is 6.68. The van der Waals surface area contributed by atoms with E-state index in [1.807, 2.05) is 41.3 Å². The first-order valence-electron chi connectivity index (χ1n) is 12.2. The number of aromatic nitrogens is 2. The Bertz CT molecular complexity index is 1420. The van der Waals surface area contributed by atoms with Crippen molar-refractivity contribution in [3.05, 3.63) is 95.2 Å². The van der Waals surface area contributed by atoms with Crippen LogP contribution in [0.5, 0.6) is 0 Å². The number of aryl methyl sites for hydroxylation is 1. The van der Waals surface area contributed by atoms with Crippen LogP contribution in [0.3, 0.4) is 0 Å². The topological polar surface area (TPSA) is 91.2 Å². The highest BCUT2D eigenvalue weighted by molar-refractivity contribution is 6.05. The molecule has 2 aromatic heterocycles. The summed E-state index contributed by atoms with van der Waals surface area (Å²) in [6.07, 6.45) is 0.231. The van der Waals surface area contributed by atoms with Crippen LogP contribution < -0.4 is 5.32 Å². The second-order valence-corrected chi connectivity index (χ2v) is 9.26. The third-order valence-electron chi connectivity index (χ3n) is 6.68. The number of carbonyl (C=O) groups is 2. The number of hydrogen-bond acceptors (Lipinski definition) is 4. The Morgan fingerprint density at radius 2 is 1.74 bits per heavy atom. The van der Waals surface area contributed by atoms with Crippen LogP contribution in [-0.4, -0.2) is 39.8 Å².